The predicted octanol–water partition coefficient (Wildman–Crippen LogP) is 3.58. The van der Waals surface area contributed by atoms with Gasteiger partial charge < -0.3 is 14.6 Å². The van der Waals surface area contributed by atoms with Crippen LogP contribution in [0.5, 0.6) is 5.75 Å². The fraction of sp³-hybridized carbons (Fsp3) is 0.250. The third-order valence-electron chi connectivity index (χ3n) is 5.29. The van der Waals surface area contributed by atoms with Crippen LogP contribution in [0.15, 0.2) is 59.4 Å². The maximum Gasteiger partial charge on any atom is 0.224 e. The Labute approximate surface area is 186 Å². The van der Waals surface area contributed by atoms with E-state index in [1.807, 2.05) is 61.0 Å². The molecule has 0 unspecified atom stereocenters. The van der Waals surface area contributed by atoms with Gasteiger partial charge in [0.25, 0.3) is 0 Å². The Bertz CT molecular complexity index is 1180. The molecule has 3 heterocycles. The molecule has 8 nitrogen and oxygen atoms in total. The van der Waals surface area contributed by atoms with E-state index in [-0.39, 0.29) is 12.3 Å². The Morgan fingerprint density at radius 1 is 1.16 bits per heavy atom. The molecule has 8 heteroatoms. The lowest BCUT2D eigenvalue weighted by Gasteiger charge is -2.09. The van der Waals surface area contributed by atoms with Gasteiger partial charge in [-0.2, -0.15) is 5.10 Å². The number of benzene rings is 1. The van der Waals surface area contributed by atoms with Crippen molar-refractivity contribution in [2.45, 2.75) is 26.8 Å². The van der Waals surface area contributed by atoms with Gasteiger partial charge in [-0.3, -0.25) is 14.5 Å². The first-order valence-electron chi connectivity index (χ1n) is 10.4. The highest BCUT2D eigenvalue weighted by molar-refractivity contribution is 5.79. The van der Waals surface area contributed by atoms with E-state index in [0.717, 1.165) is 39.5 Å². The summed E-state index contributed by atoms with van der Waals surface area (Å²) in [6.07, 6.45) is 3.79. The number of carbonyl (C=O) groups excluding carboxylic acids is 1. The number of nitrogens with one attached hydrogen (secondary N) is 1. The normalized spacial score (nSPS) is 10.8. The SMILES string of the molecule is COc1ccc(-c2cc(-c3cccnc3)n(CCNC(=O)Cc3c(C)noc3C)n2)cc1. The van der Waals surface area contributed by atoms with Crippen molar-refractivity contribution in [1.82, 2.24) is 25.2 Å². The van der Waals surface area contributed by atoms with E-state index in [9.17, 15) is 4.79 Å². The zero-order valence-corrected chi connectivity index (χ0v) is 18.3. The zero-order valence-electron chi connectivity index (χ0n) is 18.3. The standard InChI is InChI=1S/C24H25N5O3/c1-16-21(17(2)32-28-16)13-24(30)26-11-12-29-23(19-5-4-10-25-15-19)14-22(27-29)18-6-8-20(31-3)9-7-18/h4-10,14-15H,11-13H2,1-3H3,(H,26,30). The summed E-state index contributed by atoms with van der Waals surface area (Å²) in [5.41, 5.74) is 5.29. The molecule has 1 N–H and O–H groups in total. The van der Waals surface area contributed by atoms with Gasteiger partial charge in [-0.1, -0.05) is 5.16 Å². The lowest BCUT2D eigenvalue weighted by Crippen LogP contribution is -2.29. The summed E-state index contributed by atoms with van der Waals surface area (Å²) < 4.78 is 12.3. The number of rotatable bonds is 8. The molecule has 0 aliphatic heterocycles. The van der Waals surface area contributed by atoms with Crippen molar-refractivity contribution >= 4 is 5.91 Å². The van der Waals surface area contributed by atoms with Crippen LogP contribution in [0.4, 0.5) is 0 Å². The maximum absolute atomic E-state index is 12.4. The van der Waals surface area contributed by atoms with E-state index in [4.69, 9.17) is 14.4 Å². The molecule has 0 aliphatic carbocycles. The van der Waals surface area contributed by atoms with Gasteiger partial charge in [-0.05, 0) is 56.3 Å². The summed E-state index contributed by atoms with van der Waals surface area (Å²) in [5.74, 6) is 1.39. The quantitative estimate of drug-likeness (QED) is 0.458. The third-order valence-corrected chi connectivity index (χ3v) is 5.29. The van der Waals surface area contributed by atoms with Crippen LogP contribution in [-0.4, -0.2) is 39.5 Å². The molecule has 0 saturated carbocycles. The van der Waals surface area contributed by atoms with Crippen molar-refractivity contribution in [3.05, 3.63) is 71.9 Å². The van der Waals surface area contributed by atoms with Crippen LogP contribution in [-0.2, 0) is 17.8 Å². The van der Waals surface area contributed by atoms with E-state index in [1.54, 1.807) is 19.5 Å². The fourth-order valence-corrected chi connectivity index (χ4v) is 3.52. The minimum Gasteiger partial charge on any atom is -0.497 e. The number of ether oxygens (including phenoxy) is 1. The molecular formula is C24H25N5O3. The minimum atomic E-state index is -0.0788. The summed E-state index contributed by atoms with van der Waals surface area (Å²) in [5, 5.41) is 11.7. The van der Waals surface area contributed by atoms with Crippen LogP contribution in [0, 0.1) is 13.8 Å². The van der Waals surface area contributed by atoms with Crippen molar-refractivity contribution in [1.29, 1.82) is 0 Å². The van der Waals surface area contributed by atoms with Crippen molar-refractivity contribution in [2.24, 2.45) is 0 Å². The Balaban J connectivity index is 1.50. The number of hydrogen-bond acceptors (Lipinski definition) is 6. The number of amides is 1. The lowest BCUT2D eigenvalue weighted by atomic mass is 10.1. The molecule has 0 fully saturated rings. The predicted molar refractivity (Wildman–Crippen MR) is 120 cm³/mol. The number of pyridine rings is 1. The van der Waals surface area contributed by atoms with Gasteiger partial charge in [-0.25, -0.2) is 0 Å². The molecule has 1 amide bonds. The summed E-state index contributed by atoms with van der Waals surface area (Å²) >= 11 is 0. The zero-order chi connectivity index (χ0) is 22.5. The summed E-state index contributed by atoms with van der Waals surface area (Å²) in [7, 11) is 1.64. The minimum absolute atomic E-state index is 0.0788. The molecular weight excluding hydrogens is 406 g/mol. The van der Waals surface area contributed by atoms with Crippen molar-refractivity contribution in [3.63, 3.8) is 0 Å². The second kappa shape index (κ2) is 9.47. The molecule has 0 radical (unpaired) electrons. The molecule has 0 saturated heterocycles. The van der Waals surface area contributed by atoms with Crippen LogP contribution < -0.4 is 10.1 Å². The van der Waals surface area contributed by atoms with Gasteiger partial charge in [0, 0.05) is 35.6 Å². The van der Waals surface area contributed by atoms with E-state index in [0.29, 0.717) is 18.8 Å². The highest BCUT2D eigenvalue weighted by atomic mass is 16.5. The first-order chi connectivity index (χ1) is 15.5. The average Bonchev–Trinajstić information content (AvgIpc) is 3.38. The molecule has 3 aromatic heterocycles. The topological polar surface area (TPSA) is 95.1 Å². The number of methoxy groups -OCH3 is 1. The van der Waals surface area contributed by atoms with E-state index < -0.39 is 0 Å². The number of nitrogens with zero attached hydrogens (tertiary/aromatic N) is 4. The molecule has 32 heavy (non-hydrogen) atoms. The van der Waals surface area contributed by atoms with Gasteiger partial charge in [0.15, 0.2) is 0 Å². The highest BCUT2D eigenvalue weighted by Gasteiger charge is 2.15. The van der Waals surface area contributed by atoms with Crippen LogP contribution in [0.3, 0.4) is 0 Å². The Morgan fingerprint density at radius 3 is 2.62 bits per heavy atom. The lowest BCUT2D eigenvalue weighted by molar-refractivity contribution is -0.120. The van der Waals surface area contributed by atoms with Crippen LogP contribution in [0.25, 0.3) is 22.5 Å². The number of hydrogen-bond donors (Lipinski definition) is 1. The first kappa shape index (κ1) is 21.3. The van der Waals surface area contributed by atoms with Gasteiger partial charge >= 0.3 is 0 Å². The fourth-order valence-electron chi connectivity index (χ4n) is 3.52. The molecule has 0 bridgehead atoms. The summed E-state index contributed by atoms with van der Waals surface area (Å²) in [6, 6.07) is 13.7. The average molecular weight is 431 g/mol. The molecule has 0 atom stereocenters. The number of aromatic nitrogens is 4. The second-order valence-corrected chi connectivity index (χ2v) is 7.44. The molecule has 1 aromatic carbocycles. The van der Waals surface area contributed by atoms with Crippen LogP contribution in [0.2, 0.25) is 0 Å². The van der Waals surface area contributed by atoms with Crippen LogP contribution >= 0.6 is 0 Å². The maximum atomic E-state index is 12.4. The number of carbonyl (C=O) groups is 1. The second-order valence-electron chi connectivity index (χ2n) is 7.44. The molecule has 4 aromatic rings. The van der Waals surface area contributed by atoms with E-state index >= 15 is 0 Å². The van der Waals surface area contributed by atoms with Crippen molar-refractivity contribution < 1.29 is 14.1 Å². The van der Waals surface area contributed by atoms with Gasteiger partial charge in [0.2, 0.25) is 5.91 Å². The largest absolute Gasteiger partial charge is 0.497 e. The number of aryl methyl sites for hydroxylation is 2. The molecule has 164 valence electrons. The monoisotopic (exact) mass is 431 g/mol. The smallest absolute Gasteiger partial charge is 0.224 e. The van der Waals surface area contributed by atoms with E-state index in [2.05, 4.69) is 15.5 Å². The third kappa shape index (κ3) is 4.69. The summed E-state index contributed by atoms with van der Waals surface area (Å²) in [6.45, 7) is 4.61. The van der Waals surface area contributed by atoms with E-state index in [1.165, 1.54) is 0 Å². The van der Waals surface area contributed by atoms with Gasteiger partial charge in [0.05, 0.1) is 37.2 Å². The molecule has 0 spiro atoms. The first-order valence-corrected chi connectivity index (χ1v) is 10.4. The van der Waals surface area contributed by atoms with Gasteiger partial charge in [0.1, 0.15) is 11.5 Å². The van der Waals surface area contributed by atoms with Crippen LogP contribution in [0.1, 0.15) is 17.0 Å². The molecule has 4 rings (SSSR count). The van der Waals surface area contributed by atoms with Gasteiger partial charge in [-0.15, -0.1) is 0 Å². The van der Waals surface area contributed by atoms with Crippen molar-refractivity contribution in [2.75, 3.05) is 13.7 Å². The van der Waals surface area contributed by atoms with Crippen molar-refractivity contribution in [3.8, 4) is 28.3 Å². The Hall–Kier alpha value is -3.94. The highest BCUT2D eigenvalue weighted by Crippen LogP contribution is 2.27. The Kier molecular flexibility index (Phi) is 6.30. The Morgan fingerprint density at radius 2 is 1.97 bits per heavy atom. The molecule has 0 aliphatic rings. The summed E-state index contributed by atoms with van der Waals surface area (Å²) in [4.78, 5) is 16.6.